The quantitative estimate of drug-likeness (QED) is 0.675. The topological polar surface area (TPSA) is 91.8 Å². The highest BCUT2D eigenvalue weighted by Crippen LogP contribution is 2.32. The largest absolute Gasteiger partial charge is 0.361 e. The summed E-state index contributed by atoms with van der Waals surface area (Å²) in [6.45, 7) is 4.39. The number of rotatable bonds is 3. The number of nitrogens with one attached hydrogen (secondary N) is 1. The van der Waals surface area contributed by atoms with Crippen LogP contribution in [0.1, 0.15) is 38.7 Å². The molecule has 1 N–H and O–H groups in total. The summed E-state index contributed by atoms with van der Waals surface area (Å²) in [6.07, 6.45) is 4.58. The molecule has 20 heavy (non-hydrogen) atoms. The van der Waals surface area contributed by atoms with Crippen molar-refractivity contribution in [2.24, 2.45) is 11.8 Å². The summed E-state index contributed by atoms with van der Waals surface area (Å²) in [5, 5.41) is 23.1. The molecular weight excluding hydrogens is 256 g/mol. The van der Waals surface area contributed by atoms with Gasteiger partial charge in [0.1, 0.15) is 6.07 Å². The van der Waals surface area contributed by atoms with Crippen LogP contribution in [0.25, 0.3) is 0 Å². The van der Waals surface area contributed by atoms with Crippen molar-refractivity contribution in [1.29, 1.82) is 5.26 Å². The van der Waals surface area contributed by atoms with Crippen LogP contribution in [0.15, 0.2) is 12.3 Å². The molecule has 0 aliphatic heterocycles. The highest BCUT2D eigenvalue weighted by molar-refractivity contribution is 5.58. The van der Waals surface area contributed by atoms with Crippen LogP contribution < -0.4 is 5.32 Å². The van der Waals surface area contributed by atoms with Gasteiger partial charge in [-0.3, -0.25) is 10.1 Å². The number of nitrogens with zero attached hydrogens (tertiary/aromatic N) is 3. The maximum Gasteiger partial charge on any atom is 0.312 e. The Balaban J connectivity index is 2.21. The second kappa shape index (κ2) is 5.87. The van der Waals surface area contributed by atoms with Crippen molar-refractivity contribution in [3.05, 3.63) is 27.9 Å². The first-order valence-corrected chi connectivity index (χ1v) is 6.82. The molecule has 6 heteroatoms. The number of hydrogen-bond donors (Lipinski definition) is 1. The Kier molecular flexibility index (Phi) is 4.18. The minimum atomic E-state index is -0.494. The number of nitriles is 1. The van der Waals surface area contributed by atoms with E-state index in [0.29, 0.717) is 11.8 Å². The van der Waals surface area contributed by atoms with Gasteiger partial charge in [0, 0.05) is 18.3 Å². The Bertz CT molecular complexity index is 553. The van der Waals surface area contributed by atoms with Crippen LogP contribution in [0.4, 0.5) is 11.5 Å². The molecule has 0 spiro atoms. The van der Waals surface area contributed by atoms with Gasteiger partial charge in [-0.2, -0.15) is 5.26 Å². The van der Waals surface area contributed by atoms with Gasteiger partial charge in [-0.05, 0) is 31.1 Å². The Labute approximate surface area is 118 Å². The fourth-order valence-electron chi connectivity index (χ4n) is 2.82. The van der Waals surface area contributed by atoms with Crippen LogP contribution in [-0.2, 0) is 0 Å². The van der Waals surface area contributed by atoms with Gasteiger partial charge in [-0.1, -0.05) is 13.8 Å². The van der Waals surface area contributed by atoms with E-state index in [9.17, 15) is 10.1 Å². The molecule has 0 saturated heterocycles. The normalized spacial score (nSPS) is 25.8. The molecule has 1 aliphatic carbocycles. The third-order valence-electron chi connectivity index (χ3n) is 3.95. The Morgan fingerprint density at radius 1 is 1.50 bits per heavy atom. The molecule has 6 nitrogen and oxygen atoms in total. The first kappa shape index (κ1) is 14.3. The number of anilines is 1. The van der Waals surface area contributed by atoms with Crippen LogP contribution in [0.2, 0.25) is 0 Å². The SMILES string of the molecule is CC1CCC(Nc2ncc(C#N)cc2[N+](=O)[O-])C(C)C1. The minimum Gasteiger partial charge on any atom is -0.361 e. The standard InChI is InChI=1S/C14H18N4O2/c1-9-3-4-12(10(2)5-9)17-14-13(18(19)20)6-11(7-15)8-16-14/h6,8-10,12H,3-5H2,1-2H3,(H,16,17). The van der Waals surface area contributed by atoms with Crippen LogP contribution in [0, 0.1) is 33.3 Å². The summed E-state index contributed by atoms with van der Waals surface area (Å²) in [5.41, 5.74) is 0.0717. The Morgan fingerprint density at radius 2 is 2.25 bits per heavy atom. The molecule has 3 unspecified atom stereocenters. The lowest BCUT2D eigenvalue weighted by atomic mass is 9.80. The van der Waals surface area contributed by atoms with E-state index >= 15 is 0 Å². The lowest BCUT2D eigenvalue weighted by Gasteiger charge is -2.33. The number of hydrogen-bond acceptors (Lipinski definition) is 5. The van der Waals surface area contributed by atoms with E-state index in [2.05, 4.69) is 24.1 Å². The van der Waals surface area contributed by atoms with Gasteiger partial charge in [0.15, 0.2) is 0 Å². The predicted octanol–water partition coefficient (Wildman–Crippen LogP) is 3.10. The molecule has 0 bridgehead atoms. The number of pyridine rings is 1. The second-order valence-electron chi connectivity index (χ2n) is 5.61. The van der Waals surface area contributed by atoms with Crippen molar-refractivity contribution >= 4 is 11.5 Å². The average molecular weight is 274 g/mol. The molecule has 106 valence electrons. The zero-order valence-corrected chi connectivity index (χ0v) is 11.7. The van der Waals surface area contributed by atoms with Gasteiger partial charge >= 0.3 is 5.69 Å². The zero-order valence-electron chi connectivity index (χ0n) is 11.7. The van der Waals surface area contributed by atoms with Crippen molar-refractivity contribution in [2.45, 2.75) is 39.2 Å². The molecule has 2 rings (SSSR count). The lowest BCUT2D eigenvalue weighted by Crippen LogP contribution is -2.33. The summed E-state index contributed by atoms with van der Waals surface area (Å²) < 4.78 is 0. The van der Waals surface area contributed by atoms with Gasteiger partial charge in [-0.15, -0.1) is 0 Å². The highest BCUT2D eigenvalue weighted by Gasteiger charge is 2.27. The number of aromatic nitrogens is 1. The van der Waals surface area contributed by atoms with E-state index in [1.54, 1.807) is 0 Å². The number of nitro groups is 1. The average Bonchev–Trinajstić information content (AvgIpc) is 2.42. The van der Waals surface area contributed by atoms with E-state index < -0.39 is 4.92 Å². The van der Waals surface area contributed by atoms with Crippen molar-refractivity contribution < 1.29 is 4.92 Å². The van der Waals surface area contributed by atoms with E-state index in [1.807, 2.05) is 6.07 Å². The van der Waals surface area contributed by atoms with E-state index in [0.717, 1.165) is 19.3 Å². The van der Waals surface area contributed by atoms with Crippen molar-refractivity contribution in [3.8, 4) is 6.07 Å². The van der Waals surface area contributed by atoms with Crippen LogP contribution in [-0.4, -0.2) is 15.9 Å². The molecule has 0 amide bonds. The van der Waals surface area contributed by atoms with Crippen LogP contribution >= 0.6 is 0 Å². The zero-order chi connectivity index (χ0) is 14.7. The van der Waals surface area contributed by atoms with E-state index in [4.69, 9.17) is 5.26 Å². The van der Waals surface area contributed by atoms with E-state index in [-0.39, 0.29) is 23.1 Å². The Morgan fingerprint density at radius 3 is 2.85 bits per heavy atom. The van der Waals surface area contributed by atoms with Gasteiger partial charge in [0.25, 0.3) is 0 Å². The van der Waals surface area contributed by atoms with Crippen molar-refractivity contribution in [2.75, 3.05) is 5.32 Å². The van der Waals surface area contributed by atoms with Gasteiger partial charge in [0.05, 0.1) is 10.5 Å². The molecule has 0 radical (unpaired) electrons. The maximum atomic E-state index is 11.1. The molecule has 1 saturated carbocycles. The first-order chi connectivity index (χ1) is 9.51. The molecule has 1 aromatic heterocycles. The van der Waals surface area contributed by atoms with Crippen LogP contribution in [0.3, 0.4) is 0 Å². The molecule has 1 fully saturated rings. The van der Waals surface area contributed by atoms with Gasteiger partial charge < -0.3 is 5.32 Å². The maximum absolute atomic E-state index is 11.1. The van der Waals surface area contributed by atoms with Gasteiger partial charge in [0.2, 0.25) is 5.82 Å². The Hall–Kier alpha value is -2.16. The molecular formula is C14H18N4O2. The highest BCUT2D eigenvalue weighted by atomic mass is 16.6. The van der Waals surface area contributed by atoms with E-state index in [1.165, 1.54) is 12.3 Å². The third kappa shape index (κ3) is 3.05. The molecule has 1 aromatic rings. The lowest BCUT2D eigenvalue weighted by molar-refractivity contribution is -0.384. The molecule has 0 aromatic carbocycles. The van der Waals surface area contributed by atoms with Gasteiger partial charge in [-0.25, -0.2) is 4.98 Å². The second-order valence-corrected chi connectivity index (χ2v) is 5.61. The monoisotopic (exact) mass is 274 g/mol. The third-order valence-corrected chi connectivity index (χ3v) is 3.95. The van der Waals surface area contributed by atoms with Crippen LogP contribution in [0.5, 0.6) is 0 Å². The minimum absolute atomic E-state index is 0.130. The summed E-state index contributed by atoms with van der Waals surface area (Å²) in [4.78, 5) is 14.6. The summed E-state index contributed by atoms with van der Waals surface area (Å²) in [5.74, 6) is 1.42. The molecule has 1 aliphatic rings. The fraction of sp³-hybridized carbons (Fsp3) is 0.571. The summed E-state index contributed by atoms with van der Waals surface area (Å²) >= 11 is 0. The smallest absolute Gasteiger partial charge is 0.312 e. The molecule has 1 heterocycles. The first-order valence-electron chi connectivity index (χ1n) is 6.82. The summed E-state index contributed by atoms with van der Waals surface area (Å²) in [6, 6.07) is 3.34. The summed E-state index contributed by atoms with van der Waals surface area (Å²) in [7, 11) is 0. The van der Waals surface area contributed by atoms with Crippen molar-refractivity contribution in [3.63, 3.8) is 0 Å². The fourth-order valence-corrected chi connectivity index (χ4v) is 2.82. The van der Waals surface area contributed by atoms with Crippen molar-refractivity contribution in [1.82, 2.24) is 4.98 Å². The molecule has 3 atom stereocenters. The predicted molar refractivity (Wildman–Crippen MR) is 75.2 cm³/mol.